The minimum atomic E-state index is -0.365. The SMILES string of the molecule is CCOC(=O)c1c(CSc2ccccc2)n(C)c2cc(-c3ccccc3)c(O)c(CNC)c12. The standard InChI is InChI=1S/C27H28N2O3S/c1-4-32-27(31)25-23(17-33-19-13-9-6-10-14-19)29(3)22-15-20(18-11-7-5-8-12-18)26(30)21(16-28-2)24(22)25/h5-15,28,30H,4,16-17H2,1-3H3. The predicted octanol–water partition coefficient (Wildman–Crippen LogP) is 5.74. The van der Waals surface area contributed by atoms with Crippen molar-refractivity contribution in [3.05, 3.63) is 83.6 Å². The second-order valence-corrected chi connectivity index (χ2v) is 8.79. The first-order chi connectivity index (χ1) is 16.1. The van der Waals surface area contributed by atoms with Crippen molar-refractivity contribution in [3.8, 4) is 16.9 Å². The van der Waals surface area contributed by atoms with Crippen LogP contribution in [0.1, 0.15) is 28.5 Å². The fourth-order valence-corrected chi connectivity index (χ4v) is 5.15. The van der Waals surface area contributed by atoms with Gasteiger partial charge in [0.1, 0.15) is 5.75 Å². The number of carbonyl (C=O) groups is 1. The van der Waals surface area contributed by atoms with Gasteiger partial charge in [-0.2, -0.15) is 0 Å². The Morgan fingerprint density at radius 1 is 1.09 bits per heavy atom. The molecule has 6 heteroatoms. The summed E-state index contributed by atoms with van der Waals surface area (Å²) in [5.74, 6) is 0.418. The van der Waals surface area contributed by atoms with E-state index in [0.29, 0.717) is 23.4 Å². The molecule has 3 aromatic carbocycles. The molecule has 1 heterocycles. The zero-order chi connectivity index (χ0) is 23.4. The lowest BCUT2D eigenvalue weighted by molar-refractivity contribution is 0.0527. The molecule has 33 heavy (non-hydrogen) atoms. The van der Waals surface area contributed by atoms with E-state index in [4.69, 9.17) is 4.74 Å². The van der Waals surface area contributed by atoms with Gasteiger partial charge in [0, 0.05) is 46.4 Å². The van der Waals surface area contributed by atoms with Gasteiger partial charge in [-0.1, -0.05) is 48.5 Å². The van der Waals surface area contributed by atoms with E-state index < -0.39 is 0 Å². The summed E-state index contributed by atoms with van der Waals surface area (Å²) in [5, 5.41) is 15.2. The fraction of sp³-hybridized carbons (Fsp3) is 0.222. The fourth-order valence-electron chi connectivity index (χ4n) is 4.16. The van der Waals surface area contributed by atoms with E-state index in [1.807, 2.05) is 68.7 Å². The van der Waals surface area contributed by atoms with Crippen LogP contribution in [-0.4, -0.2) is 29.3 Å². The van der Waals surface area contributed by atoms with E-state index in [-0.39, 0.29) is 18.3 Å². The van der Waals surface area contributed by atoms with E-state index in [1.165, 1.54) is 0 Å². The number of carbonyl (C=O) groups excluding carboxylic acids is 1. The molecule has 5 nitrogen and oxygen atoms in total. The topological polar surface area (TPSA) is 63.5 Å². The molecular formula is C27H28N2O3S. The monoisotopic (exact) mass is 460 g/mol. The summed E-state index contributed by atoms with van der Waals surface area (Å²) in [6.07, 6.45) is 0. The number of thioether (sulfide) groups is 1. The van der Waals surface area contributed by atoms with Gasteiger partial charge in [-0.3, -0.25) is 0 Å². The quantitative estimate of drug-likeness (QED) is 0.259. The van der Waals surface area contributed by atoms with Crippen molar-refractivity contribution in [2.75, 3.05) is 13.7 Å². The van der Waals surface area contributed by atoms with Crippen molar-refractivity contribution in [1.29, 1.82) is 0 Å². The van der Waals surface area contributed by atoms with Crippen LogP contribution < -0.4 is 5.32 Å². The summed E-state index contributed by atoms with van der Waals surface area (Å²) < 4.78 is 7.52. The van der Waals surface area contributed by atoms with E-state index in [2.05, 4.69) is 22.0 Å². The lowest BCUT2D eigenvalue weighted by Gasteiger charge is -2.13. The third-order valence-corrected chi connectivity index (χ3v) is 6.74. The smallest absolute Gasteiger partial charge is 0.340 e. The number of hydrogen-bond acceptors (Lipinski definition) is 5. The molecule has 0 radical (unpaired) electrons. The van der Waals surface area contributed by atoms with Gasteiger partial charge in [-0.05, 0) is 37.7 Å². The number of esters is 1. The normalized spacial score (nSPS) is 11.1. The molecule has 0 saturated carbocycles. The molecule has 4 aromatic rings. The summed E-state index contributed by atoms with van der Waals surface area (Å²) in [6, 6.07) is 21.9. The Morgan fingerprint density at radius 3 is 2.39 bits per heavy atom. The van der Waals surface area contributed by atoms with Gasteiger partial charge in [-0.25, -0.2) is 4.79 Å². The molecule has 0 aliphatic carbocycles. The number of rotatable bonds is 8. The van der Waals surface area contributed by atoms with Gasteiger partial charge in [0.05, 0.1) is 17.7 Å². The van der Waals surface area contributed by atoms with Crippen LogP contribution in [0.2, 0.25) is 0 Å². The number of nitrogens with one attached hydrogen (secondary N) is 1. The van der Waals surface area contributed by atoms with Gasteiger partial charge in [0.25, 0.3) is 0 Å². The Kier molecular flexibility index (Phi) is 7.06. The minimum absolute atomic E-state index is 0.182. The number of aryl methyl sites for hydroxylation is 1. The van der Waals surface area contributed by atoms with E-state index >= 15 is 0 Å². The highest BCUT2D eigenvalue weighted by Gasteiger charge is 2.27. The van der Waals surface area contributed by atoms with E-state index in [0.717, 1.165) is 32.6 Å². The molecule has 4 rings (SSSR count). The molecule has 0 aliphatic heterocycles. The highest BCUT2D eigenvalue weighted by Crippen LogP contribution is 2.42. The van der Waals surface area contributed by atoms with Crippen LogP contribution in [0.25, 0.3) is 22.0 Å². The van der Waals surface area contributed by atoms with Gasteiger partial charge >= 0.3 is 5.97 Å². The second kappa shape index (κ2) is 10.1. The number of nitrogens with zero attached hydrogens (tertiary/aromatic N) is 1. The van der Waals surface area contributed by atoms with Gasteiger partial charge in [0.2, 0.25) is 0 Å². The van der Waals surface area contributed by atoms with Gasteiger partial charge in [-0.15, -0.1) is 11.8 Å². The Morgan fingerprint density at radius 2 is 1.76 bits per heavy atom. The summed E-state index contributed by atoms with van der Waals surface area (Å²) in [4.78, 5) is 14.3. The third-order valence-electron chi connectivity index (χ3n) is 5.72. The third kappa shape index (κ3) is 4.49. The van der Waals surface area contributed by atoms with Crippen molar-refractivity contribution in [1.82, 2.24) is 9.88 Å². The lowest BCUT2D eigenvalue weighted by Crippen LogP contribution is -2.10. The molecule has 0 saturated heterocycles. The van der Waals surface area contributed by atoms with Crippen molar-refractivity contribution in [3.63, 3.8) is 0 Å². The van der Waals surface area contributed by atoms with Crippen molar-refractivity contribution < 1.29 is 14.6 Å². The van der Waals surface area contributed by atoms with Crippen LogP contribution in [-0.2, 0) is 24.1 Å². The van der Waals surface area contributed by atoms with E-state index in [1.54, 1.807) is 18.7 Å². The van der Waals surface area contributed by atoms with Crippen molar-refractivity contribution in [2.45, 2.75) is 24.1 Å². The van der Waals surface area contributed by atoms with Crippen LogP contribution in [0.3, 0.4) is 0 Å². The Labute approximate surface area is 198 Å². The number of ether oxygens (including phenoxy) is 1. The molecule has 1 aromatic heterocycles. The van der Waals surface area contributed by atoms with Crippen LogP contribution in [0.5, 0.6) is 5.75 Å². The summed E-state index contributed by atoms with van der Waals surface area (Å²) >= 11 is 1.67. The number of benzene rings is 3. The number of phenolic OH excluding ortho intramolecular Hbond substituents is 1. The maximum atomic E-state index is 13.2. The average molecular weight is 461 g/mol. The molecule has 0 fully saturated rings. The molecule has 0 spiro atoms. The van der Waals surface area contributed by atoms with Crippen LogP contribution >= 0.6 is 11.8 Å². The zero-order valence-corrected chi connectivity index (χ0v) is 19.9. The molecule has 0 atom stereocenters. The molecular weight excluding hydrogens is 432 g/mol. The van der Waals surface area contributed by atoms with Crippen LogP contribution in [0.4, 0.5) is 0 Å². The summed E-state index contributed by atoms with van der Waals surface area (Å²) in [6.45, 7) is 2.52. The largest absolute Gasteiger partial charge is 0.507 e. The number of aromatic hydroxyl groups is 1. The number of phenols is 1. The van der Waals surface area contributed by atoms with Gasteiger partial charge in [0.15, 0.2) is 0 Å². The van der Waals surface area contributed by atoms with Crippen LogP contribution in [0.15, 0.2) is 71.6 Å². The number of fused-ring (bicyclic) bond motifs is 1. The number of hydrogen-bond donors (Lipinski definition) is 2. The predicted molar refractivity (Wildman–Crippen MR) is 135 cm³/mol. The highest BCUT2D eigenvalue weighted by molar-refractivity contribution is 7.98. The maximum Gasteiger partial charge on any atom is 0.340 e. The van der Waals surface area contributed by atoms with E-state index in [9.17, 15) is 9.90 Å². The summed E-state index contributed by atoms with van der Waals surface area (Å²) in [5.41, 5.74) is 4.66. The maximum absolute atomic E-state index is 13.2. The highest BCUT2D eigenvalue weighted by atomic mass is 32.2. The first-order valence-corrected chi connectivity index (χ1v) is 12.0. The Hall–Kier alpha value is -3.22. The zero-order valence-electron chi connectivity index (χ0n) is 19.1. The average Bonchev–Trinajstić information content (AvgIpc) is 3.12. The molecule has 0 bridgehead atoms. The van der Waals surface area contributed by atoms with Crippen molar-refractivity contribution >= 4 is 28.6 Å². The Bertz CT molecular complexity index is 1270. The number of aromatic nitrogens is 1. The molecule has 0 amide bonds. The summed E-state index contributed by atoms with van der Waals surface area (Å²) in [7, 11) is 3.81. The minimum Gasteiger partial charge on any atom is -0.507 e. The molecule has 0 unspecified atom stereocenters. The molecule has 170 valence electrons. The Balaban J connectivity index is 1.96. The molecule has 2 N–H and O–H groups in total. The first kappa shape index (κ1) is 23.0. The van der Waals surface area contributed by atoms with Crippen molar-refractivity contribution in [2.24, 2.45) is 7.05 Å². The van der Waals surface area contributed by atoms with Gasteiger partial charge < -0.3 is 19.7 Å². The molecule has 0 aliphatic rings. The van der Waals surface area contributed by atoms with Crippen LogP contribution in [0, 0.1) is 0 Å². The first-order valence-electron chi connectivity index (χ1n) is 11.0. The lowest BCUT2D eigenvalue weighted by atomic mass is 9.96. The second-order valence-electron chi connectivity index (χ2n) is 7.74.